The molecule has 2 saturated heterocycles. The highest BCUT2D eigenvalue weighted by molar-refractivity contribution is 7.98. The largest absolute Gasteiger partial charge is 0.480 e. The van der Waals surface area contributed by atoms with Gasteiger partial charge in [0.05, 0.1) is 91.3 Å². The molecule has 34 nitrogen and oxygen atoms in total. The van der Waals surface area contributed by atoms with Crippen molar-refractivity contribution in [3.8, 4) is 0 Å². The summed E-state index contributed by atoms with van der Waals surface area (Å²) in [6.45, 7) is 10.6. The Bertz CT molecular complexity index is 3020. The van der Waals surface area contributed by atoms with Crippen LogP contribution in [0.2, 0.25) is 0 Å². The number of aliphatic hydroxyl groups excluding tert-OH is 1. The van der Waals surface area contributed by atoms with Crippen molar-refractivity contribution in [2.75, 3.05) is 150 Å². The van der Waals surface area contributed by atoms with Crippen LogP contribution in [-0.2, 0) is 99.1 Å². The lowest BCUT2D eigenvalue weighted by molar-refractivity contribution is -0.148. The molecule has 2 aromatic rings. The number of thioether (sulfide) groups is 2. The molecule has 17 N–H and O–H groups in total. The molecule has 0 aliphatic carbocycles. The van der Waals surface area contributed by atoms with Gasteiger partial charge < -0.3 is 113 Å². The van der Waals surface area contributed by atoms with Gasteiger partial charge in [0.1, 0.15) is 48.3 Å². The summed E-state index contributed by atoms with van der Waals surface area (Å²) in [4.78, 5) is 159. The fourth-order valence-electron chi connectivity index (χ4n) is 11.7. The minimum absolute atomic E-state index is 0.00552. The summed E-state index contributed by atoms with van der Waals surface area (Å²) in [6, 6.07) is -0.304. The van der Waals surface area contributed by atoms with Gasteiger partial charge in [0.15, 0.2) is 0 Å². The van der Waals surface area contributed by atoms with E-state index < -0.39 is 120 Å². The van der Waals surface area contributed by atoms with E-state index in [0.29, 0.717) is 142 Å². The van der Waals surface area contributed by atoms with Crippen molar-refractivity contribution in [2.45, 2.75) is 150 Å². The number of fused-ring (bicyclic) bond motifs is 4. The number of carboxylic acid groups (broad SMARTS) is 1. The molecule has 1 aromatic heterocycles. The van der Waals surface area contributed by atoms with Crippen molar-refractivity contribution >= 4 is 88.6 Å². The molecular formula is C70H113N15O19S2. The quantitative estimate of drug-likeness (QED) is 0.0293. The molecule has 1 aromatic carbocycles. The van der Waals surface area contributed by atoms with Crippen molar-refractivity contribution < 1.29 is 91.4 Å². The summed E-state index contributed by atoms with van der Waals surface area (Å²) in [6.07, 6.45) is 3.22. The van der Waals surface area contributed by atoms with Gasteiger partial charge in [-0.25, -0.2) is 4.79 Å². The molecule has 5 rings (SSSR count). The van der Waals surface area contributed by atoms with Crippen LogP contribution in [0.5, 0.6) is 0 Å². The third-order valence-electron chi connectivity index (χ3n) is 17.3. The lowest BCUT2D eigenvalue weighted by atomic mass is 10.0. The normalized spacial score (nSPS) is 20.9. The monoisotopic (exact) mass is 1530 g/mol. The maximum absolute atomic E-state index is 15.0. The van der Waals surface area contributed by atoms with Crippen molar-refractivity contribution in [3.63, 3.8) is 0 Å². The van der Waals surface area contributed by atoms with Crippen LogP contribution in [-0.4, -0.2) is 294 Å². The maximum Gasteiger partial charge on any atom is 0.327 e. The second-order valence-corrected chi connectivity index (χ2v) is 27.8. The molecule has 4 heterocycles. The first-order valence-electron chi connectivity index (χ1n) is 36.5. The number of nitrogens with one attached hydrogen (secondary N) is 9. The summed E-state index contributed by atoms with van der Waals surface area (Å²) >= 11 is 2.49. The number of aromatic nitrogens is 1. The SMILES string of the molecule is CCCC[C@H](NC(=O)CCOCCOCCOCCOCCOCCOCCNC(=O)C(CNCCN)CNCCN)C(=O)N[C@H]1CSCc2cncc(c2)CSC[C@@H](C(=O)O)NC(=O)[C@H](Cc2ccccc2)NC(=O)[C@H](CCC(N)=O)NC(=O)[C@H]([C@@H](C)O)NC(=O)[C@@H]2CCCN2C(=O)[C@@H]2CCCN2C1=O. The van der Waals surface area contributed by atoms with E-state index >= 15 is 4.79 Å². The van der Waals surface area contributed by atoms with Gasteiger partial charge in [-0.1, -0.05) is 56.2 Å². The number of benzene rings is 1. The van der Waals surface area contributed by atoms with E-state index in [1.807, 2.05) is 13.0 Å². The number of carbonyl (C=O) groups excluding carboxylic acids is 10. The maximum atomic E-state index is 15.0. The first-order chi connectivity index (χ1) is 51.2. The molecule has 0 spiro atoms. The Balaban J connectivity index is 1.16. The van der Waals surface area contributed by atoms with Crippen LogP contribution in [0.25, 0.3) is 0 Å². The Hall–Kier alpha value is -7.20. The molecule has 0 saturated carbocycles. The number of nitrogens with zero attached hydrogens (tertiary/aromatic N) is 3. The number of unbranched alkanes of at least 4 members (excludes halogenated alkanes) is 1. The van der Waals surface area contributed by atoms with Gasteiger partial charge in [0.2, 0.25) is 59.1 Å². The molecule has 0 radical (unpaired) electrons. The summed E-state index contributed by atoms with van der Waals surface area (Å²) in [5.41, 5.74) is 18.6. The van der Waals surface area contributed by atoms with Crippen LogP contribution < -0.4 is 65.1 Å². The topological polar surface area (TPSA) is 489 Å². The van der Waals surface area contributed by atoms with Crippen molar-refractivity contribution in [3.05, 3.63) is 65.5 Å². The smallest absolute Gasteiger partial charge is 0.327 e. The number of rotatable bonds is 43. The number of carbonyl (C=O) groups is 11. The molecule has 10 amide bonds. The molecule has 3 aliphatic rings. The van der Waals surface area contributed by atoms with Crippen LogP contribution in [0.15, 0.2) is 48.8 Å². The molecule has 594 valence electrons. The average molecular weight is 1530 g/mol. The van der Waals surface area contributed by atoms with Crippen LogP contribution in [0, 0.1) is 5.92 Å². The lowest BCUT2D eigenvalue weighted by Gasteiger charge is -2.34. The number of nitrogens with two attached hydrogens (primary N) is 3. The van der Waals surface area contributed by atoms with Gasteiger partial charge in [0.25, 0.3) is 0 Å². The third-order valence-corrected chi connectivity index (χ3v) is 19.5. The number of pyridine rings is 1. The number of aliphatic carboxylic acids is 1. The molecular weight excluding hydrogens is 1420 g/mol. The number of hydrogen-bond donors (Lipinski definition) is 14. The van der Waals surface area contributed by atoms with Gasteiger partial charge in [-0.2, -0.15) is 23.5 Å². The summed E-state index contributed by atoms with van der Waals surface area (Å²) in [5.74, 6) is -8.06. The van der Waals surface area contributed by atoms with Gasteiger partial charge in [-0.15, -0.1) is 0 Å². The van der Waals surface area contributed by atoms with E-state index in [1.54, 1.807) is 42.7 Å². The van der Waals surface area contributed by atoms with Gasteiger partial charge in [-0.05, 0) is 62.1 Å². The number of carboxylic acids is 1. The number of aliphatic hydroxyl groups is 1. The Labute approximate surface area is 628 Å². The molecule has 2 bridgehead atoms. The zero-order valence-electron chi connectivity index (χ0n) is 61.1. The Kier molecular flexibility index (Phi) is 43.8. The van der Waals surface area contributed by atoms with Crippen molar-refractivity contribution in [1.29, 1.82) is 0 Å². The zero-order chi connectivity index (χ0) is 76.9. The summed E-state index contributed by atoms with van der Waals surface area (Å²) in [7, 11) is 0. The fraction of sp³-hybridized carbons (Fsp3) is 0.686. The van der Waals surface area contributed by atoms with Crippen LogP contribution in [0.1, 0.15) is 94.7 Å². The van der Waals surface area contributed by atoms with Crippen LogP contribution >= 0.6 is 23.5 Å². The van der Waals surface area contributed by atoms with E-state index in [4.69, 9.17) is 45.6 Å². The molecule has 106 heavy (non-hydrogen) atoms. The molecule has 2 fully saturated rings. The Morgan fingerprint density at radius 1 is 0.651 bits per heavy atom. The molecule has 9 atom stereocenters. The van der Waals surface area contributed by atoms with E-state index in [0.717, 1.165) is 5.56 Å². The third kappa shape index (κ3) is 33.9. The zero-order valence-corrected chi connectivity index (χ0v) is 62.7. The molecule has 36 heteroatoms. The van der Waals surface area contributed by atoms with E-state index in [-0.39, 0.29) is 106 Å². The van der Waals surface area contributed by atoms with E-state index in [2.05, 4.69) is 52.8 Å². The second-order valence-electron chi connectivity index (χ2n) is 25.8. The number of primary amides is 1. The first-order valence-corrected chi connectivity index (χ1v) is 38.8. The molecule has 0 unspecified atom stereocenters. The molecule has 3 aliphatic heterocycles. The average Bonchev–Trinajstić information content (AvgIpc) is 1.63. The van der Waals surface area contributed by atoms with Crippen LogP contribution in [0.4, 0.5) is 0 Å². The van der Waals surface area contributed by atoms with Gasteiger partial charge in [0, 0.05) is 114 Å². The van der Waals surface area contributed by atoms with E-state index in [9.17, 15) is 58.2 Å². The number of ether oxygens (including phenoxy) is 6. The first kappa shape index (κ1) is 89.4. The predicted molar refractivity (Wildman–Crippen MR) is 395 cm³/mol. The minimum Gasteiger partial charge on any atom is -0.480 e. The number of amides is 10. The summed E-state index contributed by atoms with van der Waals surface area (Å²) < 4.78 is 33.6. The van der Waals surface area contributed by atoms with Crippen LogP contribution in [0.3, 0.4) is 0 Å². The number of hydrogen-bond acceptors (Lipinski definition) is 25. The second kappa shape index (κ2) is 52.0. The fourth-order valence-corrected chi connectivity index (χ4v) is 13.6. The van der Waals surface area contributed by atoms with E-state index in [1.165, 1.54) is 40.2 Å². The minimum atomic E-state index is -1.73. The van der Waals surface area contributed by atoms with Crippen molar-refractivity contribution in [2.24, 2.45) is 23.1 Å². The van der Waals surface area contributed by atoms with Gasteiger partial charge >= 0.3 is 5.97 Å². The van der Waals surface area contributed by atoms with Crippen molar-refractivity contribution in [1.82, 2.24) is 62.6 Å². The lowest BCUT2D eigenvalue weighted by Crippen LogP contribution is -2.61. The predicted octanol–water partition coefficient (Wildman–Crippen LogP) is -3.07. The highest BCUT2D eigenvalue weighted by atomic mass is 32.2. The standard InChI is InChI=1S/C70H113N15O19S2/c1-3-4-12-52(78-60(88)17-25-99-27-29-101-31-33-103-35-36-104-34-32-102-30-28-100-26-22-77-62(89)51(41-74-20-18-71)42-75-21-19-72)63(90)81-55-45-105-43-49-37-50(40-76-39-49)44-106-46-56(70(97)98)82-65(92)54(38-48-10-6-5-7-11-48)80-64(91)53(15-16-59(73)87)79-67(94)61(47(2)86)83-66(93)57-13-8-23-84(57)69(96)58-14-9-24-85(58)68(55)95/h5-7,10-11,37,39-40,47,51-58,61,74-75,86H,3-4,8-9,12-36,38,41-46,71-72H2,1-2H3,(H2,73,87)(H,77,89)(H,78,88)(H,79,94)(H,80,91)(H,81,90)(H,82,92)(H,83,93)(H,97,98)/t47-,52+,53+,54+,55+,56+,57+,58+,61+/m1/s1. The van der Waals surface area contributed by atoms with Gasteiger partial charge in [-0.3, -0.25) is 52.9 Å². The highest BCUT2D eigenvalue weighted by Gasteiger charge is 2.45. The Morgan fingerprint density at radius 3 is 1.76 bits per heavy atom. The highest BCUT2D eigenvalue weighted by Crippen LogP contribution is 2.27. The summed E-state index contributed by atoms with van der Waals surface area (Å²) in [5, 5.41) is 46.5. The Morgan fingerprint density at radius 2 is 1.20 bits per heavy atom.